The van der Waals surface area contributed by atoms with Gasteiger partial charge < -0.3 is 20.8 Å². The lowest BCUT2D eigenvalue weighted by Gasteiger charge is -2.37. The van der Waals surface area contributed by atoms with E-state index >= 15 is 0 Å². The predicted octanol–water partition coefficient (Wildman–Crippen LogP) is 2.96. The molecule has 1 aliphatic heterocycles. The highest BCUT2D eigenvalue weighted by Crippen LogP contribution is 2.39. The lowest BCUT2D eigenvalue weighted by Crippen LogP contribution is -2.61. The van der Waals surface area contributed by atoms with Crippen molar-refractivity contribution in [3.05, 3.63) is 47.7 Å². The zero-order chi connectivity index (χ0) is 32.0. The number of fused-ring (bicyclic) bond motifs is 1. The molecule has 2 aliphatic rings. The predicted molar refractivity (Wildman–Crippen MR) is 167 cm³/mol. The van der Waals surface area contributed by atoms with Crippen LogP contribution in [0.5, 0.6) is 0 Å². The summed E-state index contributed by atoms with van der Waals surface area (Å²) in [4.78, 5) is 56.5. The van der Waals surface area contributed by atoms with E-state index in [0.29, 0.717) is 45.1 Å². The highest BCUT2D eigenvalue weighted by molar-refractivity contribution is 5.94. The number of aryl methyl sites for hydroxylation is 1. The molecular weight excluding hydrogens is 562 g/mol. The number of carboxylic acids is 1. The molecule has 1 aliphatic carbocycles. The number of pyridine rings is 1. The number of amides is 3. The van der Waals surface area contributed by atoms with Crippen LogP contribution in [0.3, 0.4) is 0 Å². The summed E-state index contributed by atoms with van der Waals surface area (Å²) in [6.07, 6.45) is 6.86. The fourth-order valence-electron chi connectivity index (χ4n) is 5.86. The number of nitrogens with zero attached hydrogens (tertiary/aromatic N) is 2. The van der Waals surface area contributed by atoms with Crippen molar-refractivity contribution in [1.82, 2.24) is 26.1 Å². The summed E-state index contributed by atoms with van der Waals surface area (Å²) in [5.41, 5.74) is 4.57. The number of carbonyl (C=O) groups is 4. The zero-order valence-corrected chi connectivity index (χ0v) is 26.0. The van der Waals surface area contributed by atoms with Crippen LogP contribution in [0.2, 0.25) is 0 Å². The molecule has 2 heterocycles. The Bertz CT molecular complexity index is 1400. The third kappa shape index (κ3) is 7.81. The highest BCUT2D eigenvalue weighted by atomic mass is 16.4. The number of aliphatic carboxylic acids is 1. The van der Waals surface area contributed by atoms with Crippen molar-refractivity contribution in [2.75, 3.05) is 6.54 Å². The standard InChI is InChI=1S/C33H45N5O6/c1-5-24-11-10-23-9-8-22(19-27(23)35-24)12-15-33(16-13-25(39)14-17-33)32(44)36-28(20(2)3)29(40)34-21(4)30(41)38-18-6-7-26(37-38)31(42)43/h8-12,15,19-21,25-26,28,37,39H,5-7,13-14,16-18H2,1-4H3,(H,34,40)(H,36,44)(H,42,43)/b15-12+/t21-,25?,26-,28?,33?/m0/s1. The van der Waals surface area contributed by atoms with Crippen LogP contribution in [0.15, 0.2) is 36.4 Å². The van der Waals surface area contributed by atoms with Gasteiger partial charge in [-0.15, -0.1) is 0 Å². The van der Waals surface area contributed by atoms with Gasteiger partial charge in [-0.05, 0) is 75.5 Å². The molecule has 1 saturated heterocycles. The van der Waals surface area contributed by atoms with Crippen LogP contribution in [0, 0.1) is 11.3 Å². The molecule has 4 rings (SSSR count). The minimum Gasteiger partial charge on any atom is -0.480 e. The number of rotatable bonds is 10. The Morgan fingerprint density at radius 3 is 2.45 bits per heavy atom. The molecule has 44 heavy (non-hydrogen) atoms. The van der Waals surface area contributed by atoms with Crippen molar-refractivity contribution in [2.24, 2.45) is 11.3 Å². The van der Waals surface area contributed by atoms with E-state index in [2.05, 4.69) is 23.0 Å². The number of carbonyl (C=O) groups excluding carboxylic acids is 3. The van der Waals surface area contributed by atoms with Crippen LogP contribution in [-0.2, 0) is 25.6 Å². The number of hydrogen-bond acceptors (Lipinski definition) is 7. The number of carboxylic acid groups (broad SMARTS) is 1. The highest BCUT2D eigenvalue weighted by Gasteiger charge is 2.41. The number of aromatic nitrogens is 1. The molecule has 1 aromatic heterocycles. The molecule has 3 amide bonds. The average Bonchev–Trinajstić information content (AvgIpc) is 3.02. The molecule has 2 aromatic rings. The first kappa shape index (κ1) is 33.1. The van der Waals surface area contributed by atoms with Gasteiger partial charge in [-0.25, -0.2) is 5.43 Å². The van der Waals surface area contributed by atoms with Crippen LogP contribution in [-0.4, -0.2) is 74.7 Å². The lowest BCUT2D eigenvalue weighted by atomic mass is 9.71. The van der Waals surface area contributed by atoms with Crippen LogP contribution in [0.25, 0.3) is 17.0 Å². The second kappa shape index (κ2) is 14.3. The van der Waals surface area contributed by atoms with Gasteiger partial charge in [0.1, 0.15) is 18.1 Å². The lowest BCUT2D eigenvalue weighted by molar-refractivity contribution is -0.148. The molecular formula is C33H45N5O6. The first-order chi connectivity index (χ1) is 20.9. The molecule has 3 atom stereocenters. The van der Waals surface area contributed by atoms with E-state index in [9.17, 15) is 29.4 Å². The number of aliphatic hydroxyl groups excluding tert-OH is 1. The van der Waals surface area contributed by atoms with Crippen LogP contribution < -0.4 is 16.1 Å². The molecule has 2 fully saturated rings. The second-order valence-electron chi connectivity index (χ2n) is 12.4. The SMILES string of the molecule is CCc1ccc2ccc(/C=C/C3(C(=O)NC(C(=O)N[C@@H](C)C(=O)N4CCC[C@@H](C(=O)O)N4)C(C)C)CCC(O)CC3)cc2n1. The summed E-state index contributed by atoms with van der Waals surface area (Å²) in [5.74, 6) is -2.57. The van der Waals surface area contributed by atoms with Gasteiger partial charge in [0.2, 0.25) is 11.8 Å². The number of nitrogens with one attached hydrogen (secondary N) is 3. The number of hydrogen-bond donors (Lipinski definition) is 5. The minimum absolute atomic E-state index is 0.278. The Balaban J connectivity index is 1.49. The van der Waals surface area contributed by atoms with E-state index in [4.69, 9.17) is 4.98 Å². The maximum absolute atomic E-state index is 14.0. The van der Waals surface area contributed by atoms with E-state index in [1.807, 2.05) is 56.3 Å². The van der Waals surface area contributed by atoms with Gasteiger partial charge in [0.05, 0.1) is 17.0 Å². The van der Waals surface area contributed by atoms with Crippen molar-refractivity contribution in [3.63, 3.8) is 0 Å². The molecule has 238 valence electrons. The molecule has 5 N–H and O–H groups in total. The monoisotopic (exact) mass is 607 g/mol. The molecule has 1 aromatic carbocycles. The van der Waals surface area contributed by atoms with Crippen molar-refractivity contribution >= 4 is 40.7 Å². The first-order valence-corrected chi connectivity index (χ1v) is 15.6. The third-order valence-electron chi connectivity index (χ3n) is 8.75. The van der Waals surface area contributed by atoms with Gasteiger partial charge in [-0.3, -0.25) is 29.2 Å². The largest absolute Gasteiger partial charge is 0.480 e. The van der Waals surface area contributed by atoms with E-state index in [-0.39, 0.29) is 11.8 Å². The molecule has 1 saturated carbocycles. The summed E-state index contributed by atoms with van der Waals surface area (Å²) in [7, 11) is 0. The summed E-state index contributed by atoms with van der Waals surface area (Å²) >= 11 is 0. The van der Waals surface area contributed by atoms with Crippen molar-refractivity contribution in [2.45, 2.75) is 96.9 Å². The normalized spacial score (nSPS) is 23.8. The molecule has 11 heteroatoms. The topological polar surface area (TPSA) is 161 Å². The summed E-state index contributed by atoms with van der Waals surface area (Å²) < 4.78 is 0. The van der Waals surface area contributed by atoms with E-state index < -0.39 is 47.4 Å². The van der Waals surface area contributed by atoms with E-state index in [1.165, 1.54) is 5.01 Å². The van der Waals surface area contributed by atoms with Crippen molar-refractivity contribution in [3.8, 4) is 0 Å². The number of aliphatic hydroxyl groups is 1. The Hall–Kier alpha value is -3.83. The fraction of sp³-hybridized carbons (Fsp3) is 0.545. The quantitative estimate of drug-likeness (QED) is 0.276. The zero-order valence-electron chi connectivity index (χ0n) is 26.0. The van der Waals surface area contributed by atoms with Crippen molar-refractivity contribution < 1.29 is 29.4 Å². The van der Waals surface area contributed by atoms with Crippen LogP contribution in [0.4, 0.5) is 0 Å². The Labute approximate surface area is 258 Å². The van der Waals surface area contributed by atoms with Gasteiger partial charge in [-0.1, -0.05) is 51.1 Å². The maximum atomic E-state index is 14.0. The van der Waals surface area contributed by atoms with Gasteiger partial charge in [-0.2, -0.15) is 0 Å². The number of hydrazine groups is 1. The summed E-state index contributed by atoms with van der Waals surface area (Å²) in [6, 6.07) is 7.33. The minimum atomic E-state index is -1.04. The Kier molecular flexibility index (Phi) is 10.7. The Morgan fingerprint density at radius 2 is 1.80 bits per heavy atom. The molecule has 0 spiro atoms. The summed E-state index contributed by atoms with van der Waals surface area (Å²) in [6.45, 7) is 7.57. The first-order valence-electron chi connectivity index (χ1n) is 15.6. The Morgan fingerprint density at radius 1 is 1.09 bits per heavy atom. The molecule has 0 radical (unpaired) electrons. The average molecular weight is 608 g/mol. The maximum Gasteiger partial charge on any atom is 0.322 e. The van der Waals surface area contributed by atoms with Gasteiger partial charge in [0.15, 0.2) is 0 Å². The van der Waals surface area contributed by atoms with Gasteiger partial charge in [0, 0.05) is 17.6 Å². The van der Waals surface area contributed by atoms with Crippen molar-refractivity contribution in [1.29, 1.82) is 0 Å². The summed E-state index contributed by atoms with van der Waals surface area (Å²) in [5, 5.41) is 27.5. The van der Waals surface area contributed by atoms with Gasteiger partial charge >= 0.3 is 5.97 Å². The second-order valence-corrected chi connectivity index (χ2v) is 12.4. The molecule has 1 unspecified atom stereocenters. The molecule has 0 bridgehead atoms. The molecule has 11 nitrogen and oxygen atoms in total. The number of benzene rings is 1. The van der Waals surface area contributed by atoms with Gasteiger partial charge in [0.25, 0.3) is 5.91 Å². The van der Waals surface area contributed by atoms with Crippen LogP contribution >= 0.6 is 0 Å². The third-order valence-corrected chi connectivity index (χ3v) is 8.75. The van der Waals surface area contributed by atoms with E-state index in [1.54, 1.807) is 6.92 Å². The van der Waals surface area contributed by atoms with Crippen LogP contribution in [0.1, 0.15) is 77.5 Å². The van der Waals surface area contributed by atoms with E-state index in [0.717, 1.165) is 28.6 Å². The smallest absolute Gasteiger partial charge is 0.322 e. The fourth-order valence-corrected chi connectivity index (χ4v) is 5.86.